The molecule has 2 heterocycles. The van der Waals surface area contributed by atoms with Gasteiger partial charge in [-0.3, -0.25) is 0 Å². The fraction of sp³-hybridized carbons (Fsp3) is 0.133. The fourth-order valence-electron chi connectivity index (χ4n) is 2.09. The van der Waals surface area contributed by atoms with Gasteiger partial charge in [0, 0.05) is 5.56 Å². The Morgan fingerprint density at radius 2 is 2.09 bits per heavy atom. The molecule has 1 N–H and O–H groups in total. The second-order valence-corrected chi connectivity index (χ2v) is 5.17. The minimum Gasteiger partial charge on any atom is -0.502 e. The van der Waals surface area contributed by atoms with Crippen LogP contribution in [-0.2, 0) is 4.74 Å². The predicted molar refractivity (Wildman–Crippen MR) is 82.6 cm³/mol. The van der Waals surface area contributed by atoms with Gasteiger partial charge in [-0.1, -0.05) is 35.5 Å². The van der Waals surface area contributed by atoms with Crippen molar-refractivity contribution in [3.63, 3.8) is 0 Å². The molecule has 3 aromatic rings. The normalized spacial score (nSPS) is 10.8. The van der Waals surface area contributed by atoms with Crippen molar-refractivity contribution in [3.8, 4) is 17.0 Å². The van der Waals surface area contributed by atoms with Crippen LogP contribution in [0.1, 0.15) is 17.4 Å². The van der Waals surface area contributed by atoms with E-state index in [1.807, 2.05) is 30.3 Å². The smallest absolute Gasteiger partial charge is 0.361 e. The molecule has 6 nitrogen and oxygen atoms in total. The number of aromatic nitrogens is 2. The lowest BCUT2D eigenvalue weighted by atomic mass is 10.1. The Morgan fingerprint density at radius 1 is 1.36 bits per heavy atom. The summed E-state index contributed by atoms with van der Waals surface area (Å²) in [6.07, 6.45) is 0. The minimum atomic E-state index is -0.722. The monoisotopic (exact) mass is 362 g/mol. The number of pyridine rings is 1. The van der Waals surface area contributed by atoms with Crippen molar-refractivity contribution < 1.29 is 19.2 Å². The van der Waals surface area contributed by atoms with Crippen LogP contribution in [0.5, 0.6) is 5.75 Å². The molecule has 1 aromatic carbocycles. The van der Waals surface area contributed by atoms with E-state index in [9.17, 15) is 9.90 Å². The summed E-state index contributed by atoms with van der Waals surface area (Å²) < 4.78 is 10.4. The number of rotatable bonds is 3. The highest BCUT2D eigenvalue weighted by Gasteiger charge is 2.25. The Bertz CT molecular complexity index is 846. The third-order valence-electron chi connectivity index (χ3n) is 3.06. The van der Waals surface area contributed by atoms with Crippen LogP contribution in [-0.4, -0.2) is 27.8 Å². The van der Waals surface area contributed by atoms with Gasteiger partial charge in [0.05, 0.1) is 12.0 Å². The topological polar surface area (TPSA) is 85.5 Å². The lowest BCUT2D eigenvalue weighted by Crippen LogP contribution is -2.07. The standard InChI is InChI=1S/C15H11BrN2O4/c1-2-21-15(20)11-12(19)13-9(14(16)17-11)10(18-22-13)8-6-4-3-5-7-8/h3-7,19H,2H2,1H3. The number of hydrogen-bond acceptors (Lipinski definition) is 6. The van der Waals surface area contributed by atoms with Crippen LogP contribution in [0.25, 0.3) is 22.2 Å². The van der Waals surface area contributed by atoms with E-state index in [-0.39, 0.29) is 23.6 Å². The van der Waals surface area contributed by atoms with Crippen molar-refractivity contribution in [1.29, 1.82) is 0 Å². The van der Waals surface area contributed by atoms with E-state index in [0.717, 1.165) is 5.56 Å². The predicted octanol–water partition coefficient (Wildman–Crippen LogP) is 3.53. The van der Waals surface area contributed by atoms with Crippen molar-refractivity contribution in [3.05, 3.63) is 40.6 Å². The Labute approximate surface area is 133 Å². The molecule has 3 rings (SSSR count). The Morgan fingerprint density at radius 3 is 2.77 bits per heavy atom. The quantitative estimate of drug-likeness (QED) is 0.566. The number of esters is 1. The number of aromatic hydroxyl groups is 1. The summed E-state index contributed by atoms with van der Waals surface area (Å²) in [4.78, 5) is 15.9. The van der Waals surface area contributed by atoms with E-state index in [2.05, 4.69) is 26.1 Å². The lowest BCUT2D eigenvalue weighted by molar-refractivity contribution is 0.0515. The molecule has 0 radical (unpaired) electrons. The van der Waals surface area contributed by atoms with Crippen LogP contribution in [0, 0.1) is 0 Å². The van der Waals surface area contributed by atoms with Gasteiger partial charge in [0.1, 0.15) is 10.3 Å². The van der Waals surface area contributed by atoms with Gasteiger partial charge in [-0.05, 0) is 22.9 Å². The summed E-state index contributed by atoms with van der Waals surface area (Å²) in [5.74, 6) is -1.11. The average Bonchev–Trinajstić information content (AvgIpc) is 2.98. The highest BCUT2D eigenvalue weighted by molar-refractivity contribution is 9.10. The summed E-state index contributed by atoms with van der Waals surface area (Å²) in [6, 6.07) is 9.34. The molecule has 0 amide bonds. The van der Waals surface area contributed by atoms with E-state index >= 15 is 0 Å². The molecule has 22 heavy (non-hydrogen) atoms. The Hall–Kier alpha value is -2.41. The van der Waals surface area contributed by atoms with Crippen molar-refractivity contribution in [2.75, 3.05) is 6.61 Å². The molecule has 0 saturated heterocycles. The van der Waals surface area contributed by atoms with Gasteiger partial charge in [-0.25, -0.2) is 9.78 Å². The maximum atomic E-state index is 11.8. The highest BCUT2D eigenvalue weighted by atomic mass is 79.9. The second kappa shape index (κ2) is 5.76. The van der Waals surface area contributed by atoms with E-state index in [4.69, 9.17) is 9.26 Å². The van der Waals surface area contributed by atoms with Gasteiger partial charge < -0.3 is 14.4 Å². The number of carbonyl (C=O) groups is 1. The zero-order valence-electron chi connectivity index (χ0n) is 11.5. The first-order chi connectivity index (χ1) is 10.6. The maximum Gasteiger partial charge on any atom is 0.361 e. The maximum absolute atomic E-state index is 11.8. The fourth-order valence-corrected chi connectivity index (χ4v) is 2.64. The molecule has 0 saturated carbocycles. The van der Waals surface area contributed by atoms with Gasteiger partial charge in [0.15, 0.2) is 11.4 Å². The van der Waals surface area contributed by atoms with Crippen LogP contribution in [0.4, 0.5) is 0 Å². The van der Waals surface area contributed by atoms with Crippen molar-refractivity contribution in [2.45, 2.75) is 6.92 Å². The van der Waals surface area contributed by atoms with Gasteiger partial charge in [0.2, 0.25) is 5.58 Å². The zero-order valence-corrected chi connectivity index (χ0v) is 13.1. The second-order valence-electron chi connectivity index (χ2n) is 4.42. The Balaban J connectivity index is 2.22. The van der Waals surface area contributed by atoms with E-state index < -0.39 is 5.97 Å². The summed E-state index contributed by atoms with van der Waals surface area (Å²) in [6.45, 7) is 1.85. The third kappa shape index (κ3) is 2.33. The summed E-state index contributed by atoms with van der Waals surface area (Å²) in [7, 11) is 0. The van der Waals surface area contributed by atoms with Crippen LogP contribution >= 0.6 is 15.9 Å². The molecule has 0 fully saturated rings. The molecule has 0 unspecified atom stereocenters. The highest BCUT2D eigenvalue weighted by Crippen LogP contribution is 2.38. The number of nitrogens with zero attached hydrogens (tertiary/aromatic N) is 2. The van der Waals surface area contributed by atoms with Gasteiger partial charge in [0.25, 0.3) is 0 Å². The number of benzene rings is 1. The van der Waals surface area contributed by atoms with Crippen molar-refractivity contribution in [2.24, 2.45) is 0 Å². The van der Waals surface area contributed by atoms with Crippen molar-refractivity contribution in [1.82, 2.24) is 10.1 Å². The minimum absolute atomic E-state index is 0.0868. The third-order valence-corrected chi connectivity index (χ3v) is 3.64. The van der Waals surface area contributed by atoms with Gasteiger partial charge in [-0.15, -0.1) is 0 Å². The number of hydrogen-bond donors (Lipinski definition) is 1. The molecule has 0 aliphatic carbocycles. The molecule has 0 aliphatic heterocycles. The van der Waals surface area contributed by atoms with Crippen molar-refractivity contribution >= 4 is 32.9 Å². The first-order valence-electron chi connectivity index (χ1n) is 6.53. The van der Waals surface area contributed by atoms with Crippen LogP contribution < -0.4 is 0 Å². The number of halogens is 1. The SMILES string of the molecule is CCOC(=O)c1nc(Br)c2c(-c3ccccc3)noc2c1O. The zero-order chi connectivity index (χ0) is 15.7. The van der Waals surface area contributed by atoms with Gasteiger partial charge >= 0.3 is 5.97 Å². The molecule has 0 aliphatic rings. The van der Waals surface area contributed by atoms with E-state index in [1.54, 1.807) is 6.92 Å². The molecule has 2 aromatic heterocycles. The summed E-state index contributed by atoms with van der Waals surface area (Å²) in [5.41, 5.74) is 1.22. The summed E-state index contributed by atoms with van der Waals surface area (Å²) in [5, 5.41) is 14.7. The molecule has 0 atom stereocenters. The van der Waals surface area contributed by atoms with E-state index in [1.165, 1.54) is 0 Å². The molecule has 0 spiro atoms. The molecular weight excluding hydrogens is 352 g/mol. The summed E-state index contributed by atoms with van der Waals surface area (Å²) >= 11 is 3.30. The van der Waals surface area contributed by atoms with E-state index in [0.29, 0.717) is 15.7 Å². The number of carbonyl (C=O) groups excluding carboxylic acids is 1. The first-order valence-corrected chi connectivity index (χ1v) is 7.33. The van der Waals surface area contributed by atoms with Crippen LogP contribution in [0.15, 0.2) is 39.5 Å². The Kier molecular flexibility index (Phi) is 3.81. The first kappa shape index (κ1) is 14.5. The van der Waals surface area contributed by atoms with Crippen LogP contribution in [0.2, 0.25) is 0 Å². The molecule has 0 bridgehead atoms. The molecule has 112 valence electrons. The van der Waals surface area contributed by atoms with Crippen LogP contribution in [0.3, 0.4) is 0 Å². The largest absolute Gasteiger partial charge is 0.502 e. The number of fused-ring (bicyclic) bond motifs is 1. The molecular formula is C15H11BrN2O4. The average molecular weight is 363 g/mol. The number of ether oxygens (including phenoxy) is 1. The lowest BCUT2D eigenvalue weighted by Gasteiger charge is -2.05. The van der Waals surface area contributed by atoms with Gasteiger partial charge in [-0.2, -0.15) is 0 Å². The molecule has 7 heteroatoms.